The topological polar surface area (TPSA) is 15.5 Å². The van der Waals surface area contributed by atoms with E-state index in [4.69, 9.17) is 4.84 Å². The van der Waals surface area contributed by atoms with Crippen molar-refractivity contribution in [3.05, 3.63) is 35.9 Å². The van der Waals surface area contributed by atoms with Crippen molar-refractivity contribution in [2.45, 2.75) is 26.1 Å². The molecule has 0 amide bonds. The molecular weight excluding hydrogens is 150 g/mol. The average Bonchev–Trinajstić information content (AvgIpc) is 2.84. The molecule has 0 saturated carbocycles. The molecule has 2 atom stereocenters. The lowest BCUT2D eigenvalue weighted by Crippen LogP contribution is -2.08. The smallest absolute Gasteiger partial charge is 0.180 e. The van der Waals surface area contributed by atoms with Crippen LogP contribution in [0.25, 0.3) is 0 Å². The first-order chi connectivity index (χ1) is 5.79. The molecule has 2 nitrogen and oxygen atoms in total. The van der Waals surface area contributed by atoms with Gasteiger partial charge in [0, 0.05) is 6.04 Å². The van der Waals surface area contributed by atoms with Gasteiger partial charge in [-0.25, -0.2) is 0 Å². The van der Waals surface area contributed by atoms with Crippen LogP contribution >= 0.6 is 0 Å². The van der Waals surface area contributed by atoms with E-state index in [1.54, 1.807) is 0 Å². The van der Waals surface area contributed by atoms with Crippen LogP contribution < -0.4 is 0 Å². The van der Waals surface area contributed by atoms with Crippen LogP contribution in [0, 0.1) is 0 Å². The Bertz CT molecular complexity index is 258. The second-order valence-electron chi connectivity index (χ2n) is 3.32. The van der Waals surface area contributed by atoms with Gasteiger partial charge in [0.25, 0.3) is 0 Å². The van der Waals surface area contributed by atoms with E-state index in [0.717, 1.165) is 0 Å². The maximum Gasteiger partial charge on any atom is 0.180 e. The Labute approximate surface area is 72.7 Å². The van der Waals surface area contributed by atoms with E-state index in [0.29, 0.717) is 6.04 Å². The molecule has 2 rings (SSSR count). The summed E-state index contributed by atoms with van der Waals surface area (Å²) in [6.45, 7) is 4.26. The molecule has 1 aliphatic rings. The molecule has 0 N–H and O–H groups in total. The van der Waals surface area contributed by atoms with E-state index in [1.807, 2.05) is 23.3 Å². The van der Waals surface area contributed by atoms with Gasteiger partial charge in [-0.1, -0.05) is 30.3 Å². The van der Waals surface area contributed by atoms with Crippen LogP contribution in [0.2, 0.25) is 0 Å². The van der Waals surface area contributed by atoms with Crippen molar-refractivity contribution in [1.29, 1.82) is 0 Å². The van der Waals surface area contributed by atoms with Crippen molar-refractivity contribution in [1.82, 2.24) is 5.06 Å². The summed E-state index contributed by atoms with van der Waals surface area (Å²) in [7, 11) is 0. The van der Waals surface area contributed by atoms with Gasteiger partial charge in [0.05, 0.1) is 0 Å². The molecule has 0 aliphatic carbocycles. The molecule has 0 bridgehead atoms. The third kappa shape index (κ3) is 1.36. The Morgan fingerprint density at radius 1 is 1.25 bits per heavy atom. The lowest BCUT2D eigenvalue weighted by molar-refractivity contribution is 0.164. The van der Waals surface area contributed by atoms with E-state index < -0.39 is 0 Å². The molecule has 12 heavy (non-hydrogen) atoms. The normalized spacial score (nSPS) is 27.6. The van der Waals surface area contributed by atoms with Gasteiger partial charge in [-0.2, -0.15) is 0 Å². The van der Waals surface area contributed by atoms with E-state index in [2.05, 4.69) is 26.0 Å². The molecule has 0 radical (unpaired) electrons. The highest BCUT2D eigenvalue weighted by Crippen LogP contribution is 2.38. The fraction of sp³-hybridized carbons (Fsp3) is 0.400. The first kappa shape index (κ1) is 7.77. The van der Waals surface area contributed by atoms with Gasteiger partial charge in [-0.15, -0.1) is 5.06 Å². The summed E-state index contributed by atoms with van der Waals surface area (Å²) in [5.74, 6) is 0. The van der Waals surface area contributed by atoms with E-state index in [9.17, 15) is 0 Å². The lowest BCUT2D eigenvalue weighted by atomic mass is 10.2. The van der Waals surface area contributed by atoms with E-state index in [1.165, 1.54) is 5.56 Å². The molecule has 1 unspecified atom stereocenters. The summed E-state index contributed by atoms with van der Waals surface area (Å²) in [5, 5.41) is 2.00. The molecule has 64 valence electrons. The monoisotopic (exact) mass is 163 g/mol. The number of rotatable bonds is 2. The Balaban J connectivity index is 2.06. The summed E-state index contributed by atoms with van der Waals surface area (Å²) >= 11 is 0. The predicted molar refractivity (Wildman–Crippen MR) is 47.2 cm³/mol. The van der Waals surface area contributed by atoms with Crippen LogP contribution in [0.1, 0.15) is 25.6 Å². The van der Waals surface area contributed by atoms with Crippen LogP contribution in [-0.2, 0) is 4.84 Å². The third-order valence-electron chi connectivity index (χ3n) is 2.00. The number of hydroxylamine groups is 2. The SMILES string of the molecule is CC(C)N1O[C@@H]1c1ccccc1. The summed E-state index contributed by atoms with van der Waals surface area (Å²) in [6.07, 6.45) is 0.200. The summed E-state index contributed by atoms with van der Waals surface area (Å²) < 4.78 is 0. The number of benzene rings is 1. The van der Waals surface area contributed by atoms with Crippen molar-refractivity contribution < 1.29 is 4.84 Å². The van der Waals surface area contributed by atoms with Crippen molar-refractivity contribution in [3.8, 4) is 0 Å². The maximum atomic E-state index is 5.40. The summed E-state index contributed by atoms with van der Waals surface area (Å²) in [6, 6.07) is 10.7. The number of hydrogen-bond donors (Lipinski definition) is 0. The van der Waals surface area contributed by atoms with Gasteiger partial charge in [0.2, 0.25) is 0 Å². The van der Waals surface area contributed by atoms with Gasteiger partial charge < -0.3 is 0 Å². The molecule has 1 fully saturated rings. The second-order valence-corrected chi connectivity index (χ2v) is 3.32. The van der Waals surface area contributed by atoms with Crippen molar-refractivity contribution in [2.75, 3.05) is 0 Å². The summed E-state index contributed by atoms with van der Waals surface area (Å²) in [5.41, 5.74) is 1.24. The molecule has 0 spiro atoms. The van der Waals surface area contributed by atoms with Crippen molar-refractivity contribution in [2.24, 2.45) is 0 Å². The minimum atomic E-state index is 0.200. The number of hydrogen-bond acceptors (Lipinski definition) is 2. The van der Waals surface area contributed by atoms with Crippen LogP contribution in [0.5, 0.6) is 0 Å². The minimum Gasteiger partial charge on any atom is -0.270 e. The van der Waals surface area contributed by atoms with Gasteiger partial charge >= 0.3 is 0 Å². The first-order valence-corrected chi connectivity index (χ1v) is 4.29. The molecule has 1 saturated heterocycles. The molecular formula is C10H13NO. The molecule has 0 aromatic heterocycles. The van der Waals surface area contributed by atoms with E-state index >= 15 is 0 Å². The van der Waals surface area contributed by atoms with Gasteiger partial charge in [0.1, 0.15) is 0 Å². The highest BCUT2D eigenvalue weighted by Gasteiger charge is 2.39. The zero-order valence-corrected chi connectivity index (χ0v) is 7.40. The quantitative estimate of drug-likeness (QED) is 0.622. The molecule has 1 aromatic carbocycles. The van der Waals surface area contributed by atoms with Crippen molar-refractivity contribution >= 4 is 0 Å². The Morgan fingerprint density at radius 2 is 1.92 bits per heavy atom. The zero-order chi connectivity index (χ0) is 8.55. The molecule has 2 heteroatoms. The van der Waals surface area contributed by atoms with Crippen LogP contribution in [-0.4, -0.2) is 11.1 Å². The van der Waals surface area contributed by atoms with Gasteiger partial charge in [0.15, 0.2) is 6.23 Å². The van der Waals surface area contributed by atoms with Crippen molar-refractivity contribution in [3.63, 3.8) is 0 Å². The standard InChI is InChI=1S/C10H13NO/c1-8(2)11-10(12-11)9-6-4-3-5-7-9/h3-8,10H,1-2H3/t10-,11?/m1/s1. The Hall–Kier alpha value is -0.860. The fourth-order valence-corrected chi connectivity index (χ4v) is 1.31. The molecule has 1 aliphatic heterocycles. The third-order valence-corrected chi connectivity index (χ3v) is 2.00. The maximum absolute atomic E-state index is 5.40. The van der Waals surface area contributed by atoms with Gasteiger partial charge in [-0.3, -0.25) is 4.84 Å². The lowest BCUT2D eigenvalue weighted by Gasteiger charge is -2.00. The minimum absolute atomic E-state index is 0.200. The molecule has 1 heterocycles. The fourth-order valence-electron chi connectivity index (χ4n) is 1.31. The predicted octanol–water partition coefficient (Wildman–Crippen LogP) is 2.34. The van der Waals surface area contributed by atoms with Crippen LogP contribution in [0.4, 0.5) is 0 Å². The number of nitrogens with zero attached hydrogens (tertiary/aromatic N) is 1. The van der Waals surface area contributed by atoms with Crippen LogP contribution in [0.3, 0.4) is 0 Å². The Morgan fingerprint density at radius 3 is 2.42 bits per heavy atom. The molecule has 1 aromatic rings. The highest BCUT2D eigenvalue weighted by atomic mass is 16.8. The largest absolute Gasteiger partial charge is 0.270 e. The first-order valence-electron chi connectivity index (χ1n) is 4.29. The summed E-state index contributed by atoms with van der Waals surface area (Å²) in [4.78, 5) is 5.40. The van der Waals surface area contributed by atoms with Crippen LogP contribution in [0.15, 0.2) is 30.3 Å². The average molecular weight is 163 g/mol. The van der Waals surface area contributed by atoms with Gasteiger partial charge in [-0.05, 0) is 19.4 Å². The zero-order valence-electron chi connectivity index (χ0n) is 7.40. The second kappa shape index (κ2) is 2.88. The highest BCUT2D eigenvalue weighted by molar-refractivity contribution is 5.18. The van der Waals surface area contributed by atoms with E-state index in [-0.39, 0.29) is 6.23 Å². The Kier molecular flexibility index (Phi) is 1.87.